The monoisotopic (exact) mass is 356 g/mol. The Morgan fingerprint density at radius 3 is 2.56 bits per heavy atom. The number of primary amides is 1. The van der Waals surface area contributed by atoms with Gasteiger partial charge in [-0.1, -0.05) is 20.8 Å². The molecule has 3 aromatic heterocycles. The molecule has 1 amide bonds. The highest BCUT2D eigenvalue weighted by Gasteiger charge is 2.22. The number of hydrogen-bond acceptors (Lipinski definition) is 6. The highest BCUT2D eigenvalue weighted by Crippen LogP contribution is 2.34. The molecule has 7 nitrogen and oxygen atoms in total. The van der Waals surface area contributed by atoms with Gasteiger partial charge in [0.15, 0.2) is 10.8 Å². The Morgan fingerprint density at radius 2 is 1.92 bits per heavy atom. The van der Waals surface area contributed by atoms with Crippen LogP contribution in [0.15, 0.2) is 18.5 Å². The van der Waals surface area contributed by atoms with Gasteiger partial charge < -0.3 is 5.73 Å². The first-order valence-corrected chi connectivity index (χ1v) is 8.66. The van der Waals surface area contributed by atoms with Crippen molar-refractivity contribution in [2.45, 2.75) is 40.0 Å². The number of carbonyl (C=O) groups is 1. The summed E-state index contributed by atoms with van der Waals surface area (Å²) in [5, 5.41) is 0.630. The number of rotatable bonds is 2. The van der Waals surface area contributed by atoms with Crippen molar-refractivity contribution >= 4 is 17.4 Å². The van der Waals surface area contributed by atoms with Crippen LogP contribution in [0.25, 0.3) is 21.4 Å². The highest BCUT2D eigenvalue weighted by molar-refractivity contribution is 7.18. The second-order valence-electron chi connectivity index (χ2n) is 6.86. The Labute approximate surface area is 150 Å². The zero-order valence-electron chi connectivity index (χ0n) is 14.9. The minimum atomic E-state index is -0.588. The largest absolute Gasteiger partial charge is 0.351 e. The minimum absolute atomic E-state index is 0.148. The summed E-state index contributed by atoms with van der Waals surface area (Å²) in [5.41, 5.74) is 7.80. The lowest BCUT2D eigenvalue weighted by atomic mass is 9.95. The van der Waals surface area contributed by atoms with Crippen molar-refractivity contribution in [1.29, 1.82) is 0 Å². The summed E-state index contributed by atoms with van der Waals surface area (Å²) in [7, 11) is 0. The van der Waals surface area contributed by atoms with Crippen molar-refractivity contribution in [2.24, 2.45) is 5.73 Å². The molecule has 3 aromatic rings. The average molecular weight is 356 g/mol. The summed E-state index contributed by atoms with van der Waals surface area (Å²) in [6.07, 6.45) is 3.06. The number of imidazole rings is 1. The number of thiazole rings is 1. The molecule has 0 aromatic carbocycles. The molecule has 0 fully saturated rings. The predicted molar refractivity (Wildman–Crippen MR) is 97.5 cm³/mol. The van der Waals surface area contributed by atoms with Gasteiger partial charge in [-0.15, -0.1) is 11.3 Å². The molecule has 0 bridgehead atoms. The molecule has 8 heteroatoms. The van der Waals surface area contributed by atoms with Crippen LogP contribution in [0.4, 0.5) is 4.79 Å². The summed E-state index contributed by atoms with van der Waals surface area (Å²) in [6, 6.07) is 1.36. The number of amides is 1. The van der Waals surface area contributed by atoms with E-state index in [0.717, 1.165) is 27.8 Å². The smallest absolute Gasteiger partial charge is 0.324 e. The van der Waals surface area contributed by atoms with Gasteiger partial charge in [0.25, 0.3) is 0 Å². The third kappa shape index (κ3) is 3.30. The maximum atomic E-state index is 11.5. The van der Waals surface area contributed by atoms with Gasteiger partial charge in [-0.2, -0.15) is 0 Å². The molecule has 0 aliphatic carbocycles. The van der Waals surface area contributed by atoms with Crippen molar-refractivity contribution in [3.8, 4) is 21.4 Å². The Bertz CT molecular complexity index is 950. The van der Waals surface area contributed by atoms with Gasteiger partial charge in [-0.3, -0.25) is 0 Å². The van der Waals surface area contributed by atoms with E-state index >= 15 is 0 Å². The number of hydrogen-bond donors (Lipinski definition) is 1. The van der Waals surface area contributed by atoms with Crippen LogP contribution in [0.5, 0.6) is 0 Å². The van der Waals surface area contributed by atoms with Crippen LogP contribution in [0, 0.1) is 13.8 Å². The van der Waals surface area contributed by atoms with Crippen LogP contribution >= 0.6 is 11.3 Å². The standard InChI is InChI=1S/C17H20N6OS/c1-9-8-11(22-15(20-9)17(3,4)5)12-10(2)21-14(25-12)13-19-6-7-23(13)16(18)24/h6-8H,1-5H3,(H2,18,24). The van der Waals surface area contributed by atoms with Crippen LogP contribution in [-0.2, 0) is 5.41 Å². The lowest BCUT2D eigenvalue weighted by Gasteiger charge is -2.17. The molecule has 130 valence electrons. The van der Waals surface area contributed by atoms with E-state index in [9.17, 15) is 4.79 Å². The molecule has 0 unspecified atom stereocenters. The Kier molecular flexibility index (Phi) is 4.16. The Morgan fingerprint density at radius 1 is 1.20 bits per heavy atom. The van der Waals surface area contributed by atoms with Crippen molar-refractivity contribution in [3.63, 3.8) is 0 Å². The maximum absolute atomic E-state index is 11.5. The molecule has 0 spiro atoms. The Hall–Kier alpha value is -2.61. The number of nitrogens with zero attached hydrogens (tertiary/aromatic N) is 5. The topological polar surface area (TPSA) is 99.6 Å². The van der Waals surface area contributed by atoms with Crippen LogP contribution < -0.4 is 5.73 Å². The summed E-state index contributed by atoms with van der Waals surface area (Å²) in [6.45, 7) is 10.1. The van der Waals surface area contributed by atoms with Crippen LogP contribution in [0.3, 0.4) is 0 Å². The molecular weight excluding hydrogens is 336 g/mol. The zero-order chi connectivity index (χ0) is 18.4. The number of nitrogens with two attached hydrogens (primary N) is 1. The van der Waals surface area contributed by atoms with Crippen molar-refractivity contribution in [1.82, 2.24) is 24.5 Å². The SMILES string of the molecule is Cc1cc(-c2sc(-c3nccn3C(N)=O)nc2C)nc(C(C)(C)C)n1. The lowest BCUT2D eigenvalue weighted by Crippen LogP contribution is -2.19. The number of aromatic nitrogens is 5. The fourth-order valence-electron chi connectivity index (χ4n) is 2.39. The third-order valence-corrected chi connectivity index (χ3v) is 4.80. The van der Waals surface area contributed by atoms with Crippen LogP contribution in [-0.4, -0.2) is 30.5 Å². The van der Waals surface area contributed by atoms with Gasteiger partial charge in [0.1, 0.15) is 5.82 Å². The van der Waals surface area contributed by atoms with Gasteiger partial charge in [-0.25, -0.2) is 29.3 Å². The first-order valence-electron chi connectivity index (χ1n) is 7.84. The first kappa shape index (κ1) is 17.2. The van der Waals surface area contributed by atoms with E-state index in [1.807, 2.05) is 19.9 Å². The quantitative estimate of drug-likeness (QED) is 0.759. The lowest BCUT2D eigenvalue weighted by molar-refractivity contribution is 0.250. The van der Waals surface area contributed by atoms with Gasteiger partial charge in [0, 0.05) is 23.5 Å². The van der Waals surface area contributed by atoms with Gasteiger partial charge in [0.2, 0.25) is 0 Å². The third-order valence-electron chi connectivity index (χ3n) is 3.62. The second-order valence-corrected chi connectivity index (χ2v) is 7.86. The number of carbonyl (C=O) groups excluding carboxylic acids is 1. The van der Waals surface area contributed by atoms with E-state index in [2.05, 4.69) is 35.7 Å². The van der Waals surface area contributed by atoms with E-state index in [4.69, 9.17) is 10.7 Å². The second kappa shape index (κ2) is 6.03. The summed E-state index contributed by atoms with van der Waals surface area (Å²) < 4.78 is 1.29. The molecule has 3 rings (SSSR count). The highest BCUT2D eigenvalue weighted by atomic mass is 32.1. The van der Waals surface area contributed by atoms with E-state index in [1.165, 1.54) is 28.3 Å². The van der Waals surface area contributed by atoms with Crippen LogP contribution in [0.1, 0.15) is 38.0 Å². The summed E-state index contributed by atoms with van der Waals surface area (Å²) >= 11 is 1.44. The molecule has 0 atom stereocenters. The summed E-state index contributed by atoms with van der Waals surface area (Å²) in [5.74, 6) is 1.23. The Balaban J connectivity index is 2.11. The minimum Gasteiger partial charge on any atom is -0.351 e. The van der Waals surface area contributed by atoms with E-state index < -0.39 is 6.03 Å². The fraction of sp³-hybridized carbons (Fsp3) is 0.353. The molecule has 0 radical (unpaired) electrons. The molecule has 0 aliphatic heterocycles. The zero-order valence-corrected chi connectivity index (χ0v) is 15.7. The van der Waals surface area contributed by atoms with Crippen molar-refractivity contribution in [3.05, 3.63) is 35.7 Å². The average Bonchev–Trinajstić information content (AvgIpc) is 3.11. The van der Waals surface area contributed by atoms with Gasteiger partial charge in [-0.05, 0) is 19.9 Å². The molecule has 0 saturated heterocycles. The molecule has 25 heavy (non-hydrogen) atoms. The van der Waals surface area contributed by atoms with E-state index in [-0.39, 0.29) is 5.41 Å². The summed E-state index contributed by atoms with van der Waals surface area (Å²) in [4.78, 5) is 30.5. The molecule has 0 aliphatic rings. The van der Waals surface area contributed by atoms with E-state index in [1.54, 1.807) is 0 Å². The number of aryl methyl sites for hydroxylation is 2. The van der Waals surface area contributed by atoms with Gasteiger partial charge >= 0.3 is 6.03 Å². The first-order chi connectivity index (χ1) is 11.7. The molecule has 0 saturated carbocycles. The van der Waals surface area contributed by atoms with Crippen molar-refractivity contribution in [2.75, 3.05) is 0 Å². The van der Waals surface area contributed by atoms with Gasteiger partial charge in [0.05, 0.1) is 16.3 Å². The molecular formula is C17H20N6OS. The molecule has 2 N–H and O–H groups in total. The normalized spacial score (nSPS) is 11.7. The predicted octanol–water partition coefficient (Wildman–Crippen LogP) is 3.30. The fourth-order valence-corrected chi connectivity index (χ4v) is 3.41. The molecule has 3 heterocycles. The van der Waals surface area contributed by atoms with Crippen molar-refractivity contribution < 1.29 is 4.79 Å². The maximum Gasteiger partial charge on any atom is 0.324 e. The van der Waals surface area contributed by atoms with E-state index in [0.29, 0.717) is 10.8 Å². The van der Waals surface area contributed by atoms with Crippen LogP contribution in [0.2, 0.25) is 0 Å².